The number of amides is 1. The maximum atomic E-state index is 12.0. The first-order valence-electron chi connectivity index (χ1n) is 5.27. The Bertz CT molecular complexity index is 381. The molecule has 0 bridgehead atoms. The second kappa shape index (κ2) is 4.30. The van der Waals surface area contributed by atoms with Crippen molar-refractivity contribution in [3.05, 3.63) is 47.5 Å². The Balaban J connectivity index is 2.12. The Morgan fingerprint density at radius 1 is 1.27 bits per heavy atom. The first-order chi connectivity index (χ1) is 7.27. The van der Waals surface area contributed by atoms with Gasteiger partial charge in [-0.2, -0.15) is 0 Å². The average molecular weight is 201 g/mol. The van der Waals surface area contributed by atoms with Crippen LogP contribution in [0.4, 0.5) is 0 Å². The van der Waals surface area contributed by atoms with Gasteiger partial charge in [-0.05, 0) is 25.5 Å². The molecule has 2 nitrogen and oxygen atoms in total. The zero-order chi connectivity index (χ0) is 10.7. The molecule has 1 amide bonds. The summed E-state index contributed by atoms with van der Waals surface area (Å²) in [6.45, 7) is 3.68. The van der Waals surface area contributed by atoms with E-state index in [2.05, 4.69) is 13.0 Å². The smallest absolute Gasteiger partial charge is 0.254 e. The molecule has 2 rings (SSSR count). The molecular formula is C13H15NO. The number of hydrogen-bond acceptors (Lipinski definition) is 1. The molecule has 1 heterocycles. The first-order valence-corrected chi connectivity index (χ1v) is 5.27. The lowest BCUT2D eigenvalue weighted by Gasteiger charge is -2.26. The van der Waals surface area contributed by atoms with Crippen molar-refractivity contribution in [2.75, 3.05) is 13.1 Å². The SMILES string of the molecule is CC1=CCCN(C(=O)c2ccccc2)C1. The molecule has 1 aromatic carbocycles. The lowest BCUT2D eigenvalue weighted by Crippen LogP contribution is -2.35. The Morgan fingerprint density at radius 2 is 2.00 bits per heavy atom. The van der Waals surface area contributed by atoms with Crippen molar-refractivity contribution < 1.29 is 4.79 Å². The third kappa shape index (κ3) is 2.27. The van der Waals surface area contributed by atoms with Crippen LogP contribution in [0.2, 0.25) is 0 Å². The van der Waals surface area contributed by atoms with Crippen molar-refractivity contribution in [1.82, 2.24) is 4.90 Å². The topological polar surface area (TPSA) is 20.3 Å². The maximum Gasteiger partial charge on any atom is 0.254 e. The summed E-state index contributed by atoms with van der Waals surface area (Å²) < 4.78 is 0. The fraction of sp³-hybridized carbons (Fsp3) is 0.308. The van der Waals surface area contributed by atoms with Gasteiger partial charge in [-0.25, -0.2) is 0 Å². The molecular weight excluding hydrogens is 186 g/mol. The number of carbonyl (C=O) groups is 1. The largest absolute Gasteiger partial charge is 0.334 e. The fourth-order valence-electron chi connectivity index (χ4n) is 1.85. The summed E-state index contributed by atoms with van der Waals surface area (Å²) in [7, 11) is 0. The van der Waals surface area contributed by atoms with Crippen molar-refractivity contribution in [1.29, 1.82) is 0 Å². The highest BCUT2D eigenvalue weighted by molar-refractivity contribution is 5.94. The molecule has 0 saturated carbocycles. The monoisotopic (exact) mass is 201 g/mol. The summed E-state index contributed by atoms with van der Waals surface area (Å²) >= 11 is 0. The normalized spacial score (nSPS) is 16.1. The van der Waals surface area contributed by atoms with Crippen LogP contribution in [0.5, 0.6) is 0 Å². The minimum Gasteiger partial charge on any atom is -0.334 e. The second-order valence-corrected chi connectivity index (χ2v) is 3.93. The van der Waals surface area contributed by atoms with Gasteiger partial charge < -0.3 is 4.90 Å². The van der Waals surface area contributed by atoms with Gasteiger partial charge in [0, 0.05) is 18.7 Å². The van der Waals surface area contributed by atoms with Crippen LogP contribution < -0.4 is 0 Å². The zero-order valence-corrected chi connectivity index (χ0v) is 8.94. The van der Waals surface area contributed by atoms with Gasteiger partial charge in [-0.1, -0.05) is 29.8 Å². The number of rotatable bonds is 1. The van der Waals surface area contributed by atoms with Crippen molar-refractivity contribution in [3.8, 4) is 0 Å². The molecule has 1 aliphatic heterocycles. The third-order valence-electron chi connectivity index (χ3n) is 2.64. The first kappa shape index (κ1) is 9.97. The van der Waals surface area contributed by atoms with E-state index in [1.807, 2.05) is 35.2 Å². The zero-order valence-electron chi connectivity index (χ0n) is 8.94. The molecule has 0 spiro atoms. The van der Waals surface area contributed by atoms with Crippen LogP contribution in [0.15, 0.2) is 42.0 Å². The van der Waals surface area contributed by atoms with E-state index in [0.29, 0.717) is 0 Å². The number of nitrogens with zero attached hydrogens (tertiary/aromatic N) is 1. The summed E-state index contributed by atoms with van der Waals surface area (Å²) in [5.74, 6) is 0.142. The van der Waals surface area contributed by atoms with E-state index in [9.17, 15) is 4.79 Å². The van der Waals surface area contributed by atoms with Gasteiger partial charge in [0.1, 0.15) is 0 Å². The molecule has 2 heteroatoms. The van der Waals surface area contributed by atoms with Crippen LogP contribution in [0.3, 0.4) is 0 Å². The highest BCUT2D eigenvalue weighted by Crippen LogP contribution is 2.12. The standard InChI is InChI=1S/C13H15NO/c1-11-6-5-9-14(10-11)13(15)12-7-3-2-4-8-12/h2-4,6-8H,5,9-10H2,1H3. The van der Waals surface area contributed by atoms with E-state index in [-0.39, 0.29) is 5.91 Å². The van der Waals surface area contributed by atoms with Crippen LogP contribution in [0.25, 0.3) is 0 Å². The van der Waals surface area contributed by atoms with Gasteiger partial charge in [0.2, 0.25) is 0 Å². The molecule has 1 aromatic rings. The van der Waals surface area contributed by atoms with E-state index in [1.165, 1.54) is 5.57 Å². The Morgan fingerprint density at radius 3 is 2.67 bits per heavy atom. The minimum absolute atomic E-state index is 0.142. The summed E-state index contributed by atoms with van der Waals surface area (Å²) in [5.41, 5.74) is 2.07. The molecule has 0 fully saturated rings. The average Bonchev–Trinajstić information content (AvgIpc) is 2.29. The van der Waals surface area contributed by atoms with Gasteiger partial charge in [0.15, 0.2) is 0 Å². The molecule has 1 aliphatic rings. The van der Waals surface area contributed by atoms with E-state index in [4.69, 9.17) is 0 Å². The van der Waals surface area contributed by atoms with Gasteiger partial charge in [-0.3, -0.25) is 4.79 Å². The lowest BCUT2D eigenvalue weighted by atomic mass is 10.1. The second-order valence-electron chi connectivity index (χ2n) is 3.93. The number of carbonyl (C=O) groups excluding carboxylic acids is 1. The van der Waals surface area contributed by atoms with Gasteiger partial charge >= 0.3 is 0 Å². The summed E-state index contributed by atoms with van der Waals surface area (Å²) in [6.07, 6.45) is 3.18. The predicted molar refractivity (Wildman–Crippen MR) is 60.7 cm³/mol. The lowest BCUT2D eigenvalue weighted by molar-refractivity contribution is 0.0766. The van der Waals surface area contributed by atoms with Crippen LogP contribution in [0.1, 0.15) is 23.7 Å². The Kier molecular flexibility index (Phi) is 2.86. The summed E-state index contributed by atoms with van der Waals surface area (Å²) in [6, 6.07) is 9.48. The summed E-state index contributed by atoms with van der Waals surface area (Å²) in [4.78, 5) is 14.0. The molecule has 0 unspecified atom stereocenters. The number of benzene rings is 1. The molecule has 78 valence electrons. The molecule has 0 radical (unpaired) electrons. The van der Waals surface area contributed by atoms with E-state index >= 15 is 0 Å². The maximum absolute atomic E-state index is 12.0. The molecule has 0 aliphatic carbocycles. The Hall–Kier alpha value is -1.57. The quantitative estimate of drug-likeness (QED) is 0.639. The van der Waals surface area contributed by atoms with Crippen LogP contribution in [-0.4, -0.2) is 23.9 Å². The number of hydrogen-bond donors (Lipinski definition) is 0. The molecule has 15 heavy (non-hydrogen) atoms. The van der Waals surface area contributed by atoms with Crippen molar-refractivity contribution in [2.45, 2.75) is 13.3 Å². The van der Waals surface area contributed by atoms with E-state index in [0.717, 1.165) is 25.1 Å². The van der Waals surface area contributed by atoms with Crippen molar-refractivity contribution in [3.63, 3.8) is 0 Å². The van der Waals surface area contributed by atoms with Crippen molar-refractivity contribution >= 4 is 5.91 Å². The van der Waals surface area contributed by atoms with E-state index in [1.54, 1.807) is 0 Å². The van der Waals surface area contributed by atoms with Gasteiger partial charge in [0.05, 0.1) is 0 Å². The van der Waals surface area contributed by atoms with Gasteiger partial charge in [0.25, 0.3) is 5.91 Å². The van der Waals surface area contributed by atoms with Crippen LogP contribution >= 0.6 is 0 Å². The predicted octanol–water partition coefficient (Wildman–Crippen LogP) is 2.48. The molecule has 0 atom stereocenters. The highest BCUT2D eigenvalue weighted by atomic mass is 16.2. The molecule has 0 saturated heterocycles. The van der Waals surface area contributed by atoms with Crippen molar-refractivity contribution in [2.24, 2.45) is 0 Å². The summed E-state index contributed by atoms with van der Waals surface area (Å²) in [5, 5.41) is 0. The van der Waals surface area contributed by atoms with Crippen LogP contribution in [-0.2, 0) is 0 Å². The minimum atomic E-state index is 0.142. The van der Waals surface area contributed by atoms with Crippen LogP contribution in [0, 0.1) is 0 Å². The van der Waals surface area contributed by atoms with E-state index < -0.39 is 0 Å². The Labute approximate surface area is 90.2 Å². The van der Waals surface area contributed by atoms with Gasteiger partial charge in [-0.15, -0.1) is 0 Å². The fourth-order valence-corrected chi connectivity index (χ4v) is 1.85. The molecule has 0 N–H and O–H groups in total. The molecule has 0 aromatic heterocycles. The highest BCUT2D eigenvalue weighted by Gasteiger charge is 2.17. The third-order valence-corrected chi connectivity index (χ3v) is 2.64.